The molecule has 0 spiro atoms. The second-order valence-electron chi connectivity index (χ2n) is 3.95. The number of carboxylic acid groups (broad SMARTS) is 1. The van der Waals surface area contributed by atoms with E-state index < -0.39 is 5.97 Å². The van der Waals surface area contributed by atoms with E-state index in [1.807, 2.05) is 6.92 Å². The number of ether oxygens (including phenoxy) is 1. The van der Waals surface area contributed by atoms with E-state index in [4.69, 9.17) is 9.84 Å². The fourth-order valence-electron chi connectivity index (χ4n) is 1.33. The molecule has 1 aromatic rings. The van der Waals surface area contributed by atoms with Crippen molar-refractivity contribution in [3.05, 3.63) is 12.4 Å². The molecule has 0 saturated heterocycles. The van der Waals surface area contributed by atoms with Crippen LogP contribution < -0.4 is 5.32 Å². The number of hydrogen-bond donors (Lipinski definition) is 2. The van der Waals surface area contributed by atoms with E-state index in [0.29, 0.717) is 18.5 Å². The number of carboxylic acids is 1. The van der Waals surface area contributed by atoms with Gasteiger partial charge in [-0.3, -0.25) is 14.3 Å². The summed E-state index contributed by atoms with van der Waals surface area (Å²) in [5.41, 5.74) is 0.492. The average molecular weight is 255 g/mol. The lowest BCUT2D eigenvalue weighted by molar-refractivity contribution is -0.137. The molecule has 0 radical (unpaired) electrons. The fraction of sp³-hybridized carbons (Fsp3) is 0.545. The highest BCUT2D eigenvalue weighted by Crippen LogP contribution is 2.07. The predicted octanol–water partition coefficient (Wildman–Crippen LogP) is 0.721. The van der Waals surface area contributed by atoms with Gasteiger partial charge in [0.25, 0.3) is 0 Å². The Balaban J connectivity index is 2.40. The van der Waals surface area contributed by atoms with Crippen molar-refractivity contribution >= 4 is 17.6 Å². The Hall–Kier alpha value is -1.89. The third kappa shape index (κ3) is 4.96. The molecule has 2 N–H and O–H groups in total. The van der Waals surface area contributed by atoms with Gasteiger partial charge in [-0.1, -0.05) is 0 Å². The average Bonchev–Trinajstić information content (AvgIpc) is 2.72. The molecule has 0 fully saturated rings. The van der Waals surface area contributed by atoms with Crippen molar-refractivity contribution in [2.24, 2.45) is 0 Å². The van der Waals surface area contributed by atoms with Crippen LogP contribution in [0.25, 0.3) is 0 Å². The van der Waals surface area contributed by atoms with Crippen LogP contribution in [0.5, 0.6) is 0 Å². The summed E-state index contributed by atoms with van der Waals surface area (Å²) >= 11 is 0. The number of amides is 1. The second-order valence-corrected chi connectivity index (χ2v) is 3.95. The number of aromatic nitrogens is 2. The van der Waals surface area contributed by atoms with Crippen molar-refractivity contribution in [3.63, 3.8) is 0 Å². The van der Waals surface area contributed by atoms with Crippen LogP contribution in [0, 0.1) is 0 Å². The molecule has 0 saturated carbocycles. The van der Waals surface area contributed by atoms with Gasteiger partial charge in [0.05, 0.1) is 18.0 Å². The molecule has 1 unspecified atom stereocenters. The first-order valence-electron chi connectivity index (χ1n) is 5.58. The molecule has 0 bridgehead atoms. The lowest BCUT2D eigenvalue weighted by Gasteiger charge is -2.08. The van der Waals surface area contributed by atoms with Gasteiger partial charge in [0, 0.05) is 19.7 Å². The fourth-order valence-corrected chi connectivity index (χ4v) is 1.33. The van der Waals surface area contributed by atoms with E-state index in [1.54, 1.807) is 7.11 Å². The van der Waals surface area contributed by atoms with E-state index in [9.17, 15) is 9.59 Å². The second kappa shape index (κ2) is 6.75. The number of methoxy groups -OCH3 is 1. The molecular formula is C11H17N3O4. The summed E-state index contributed by atoms with van der Waals surface area (Å²) in [5.74, 6) is -1.13. The molecule has 7 heteroatoms. The minimum atomic E-state index is -0.982. The zero-order valence-electron chi connectivity index (χ0n) is 10.4. The molecule has 0 aliphatic carbocycles. The van der Waals surface area contributed by atoms with Crippen molar-refractivity contribution in [3.8, 4) is 0 Å². The number of hydrogen-bond acceptors (Lipinski definition) is 4. The molecular weight excluding hydrogens is 238 g/mol. The van der Waals surface area contributed by atoms with Gasteiger partial charge in [-0.15, -0.1) is 0 Å². The van der Waals surface area contributed by atoms with Gasteiger partial charge >= 0.3 is 5.97 Å². The summed E-state index contributed by atoms with van der Waals surface area (Å²) in [7, 11) is 1.60. The molecule has 1 heterocycles. The molecule has 1 amide bonds. The summed E-state index contributed by atoms with van der Waals surface area (Å²) in [5, 5.41) is 15.0. The maximum atomic E-state index is 11.5. The zero-order chi connectivity index (χ0) is 13.5. The normalized spacial score (nSPS) is 12.1. The Labute approximate surface area is 105 Å². The SMILES string of the molecule is COC(C)CCC(=O)Nc1cnn(CC(=O)O)c1. The first-order valence-corrected chi connectivity index (χ1v) is 5.58. The summed E-state index contributed by atoms with van der Waals surface area (Å²) in [6.45, 7) is 1.66. The number of carbonyl (C=O) groups is 2. The number of anilines is 1. The Bertz CT molecular complexity index is 416. The van der Waals surface area contributed by atoms with E-state index in [0.717, 1.165) is 0 Å². The largest absolute Gasteiger partial charge is 0.480 e. The molecule has 1 rings (SSSR count). The lowest BCUT2D eigenvalue weighted by Crippen LogP contribution is -2.15. The number of nitrogens with one attached hydrogen (secondary N) is 1. The third-order valence-corrected chi connectivity index (χ3v) is 2.39. The van der Waals surface area contributed by atoms with Gasteiger partial charge in [0.2, 0.25) is 5.91 Å². The van der Waals surface area contributed by atoms with Gasteiger partial charge < -0.3 is 15.2 Å². The standard InChI is InChI=1S/C11H17N3O4/c1-8(18-2)3-4-10(15)13-9-5-12-14(6-9)7-11(16)17/h5-6,8H,3-4,7H2,1-2H3,(H,13,15)(H,16,17). The minimum Gasteiger partial charge on any atom is -0.480 e. The highest BCUT2D eigenvalue weighted by Gasteiger charge is 2.08. The molecule has 0 aliphatic heterocycles. The lowest BCUT2D eigenvalue weighted by atomic mass is 10.2. The molecule has 0 aromatic carbocycles. The Morgan fingerprint density at radius 1 is 1.61 bits per heavy atom. The minimum absolute atomic E-state index is 0.0329. The third-order valence-electron chi connectivity index (χ3n) is 2.39. The highest BCUT2D eigenvalue weighted by molar-refractivity contribution is 5.90. The molecule has 0 aliphatic rings. The summed E-state index contributed by atoms with van der Waals surface area (Å²) in [6.07, 6.45) is 3.90. The van der Waals surface area contributed by atoms with Crippen molar-refractivity contribution in [2.45, 2.75) is 32.4 Å². The van der Waals surface area contributed by atoms with Crippen molar-refractivity contribution < 1.29 is 19.4 Å². The maximum Gasteiger partial charge on any atom is 0.325 e. The number of carbonyl (C=O) groups excluding carboxylic acids is 1. The Kier molecular flexibility index (Phi) is 5.31. The van der Waals surface area contributed by atoms with E-state index in [2.05, 4.69) is 10.4 Å². The van der Waals surface area contributed by atoms with Crippen LogP contribution in [0.2, 0.25) is 0 Å². The maximum absolute atomic E-state index is 11.5. The van der Waals surface area contributed by atoms with E-state index in [-0.39, 0.29) is 18.6 Å². The van der Waals surface area contributed by atoms with Crippen LogP contribution in [-0.2, 0) is 20.9 Å². The van der Waals surface area contributed by atoms with Gasteiger partial charge in [-0.2, -0.15) is 5.10 Å². The predicted molar refractivity (Wildman–Crippen MR) is 64.2 cm³/mol. The van der Waals surface area contributed by atoms with Crippen molar-refractivity contribution in [1.29, 1.82) is 0 Å². The van der Waals surface area contributed by atoms with Crippen LogP contribution in [-0.4, -0.2) is 40.0 Å². The van der Waals surface area contributed by atoms with Crippen LogP contribution in [0.1, 0.15) is 19.8 Å². The number of aliphatic carboxylic acids is 1. The van der Waals surface area contributed by atoms with Gasteiger partial charge in [-0.05, 0) is 13.3 Å². The summed E-state index contributed by atoms with van der Waals surface area (Å²) in [6, 6.07) is 0. The monoisotopic (exact) mass is 255 g/mol. The van der Waals surface area contributed by atoms with E-state index in [1.165, 1.54) is 17.1 Å². The van der Waals surface area contributed by atoms with Gasteiger partial charge in [-0.25, -0.2) is 0 Å². The first-order chi connectivity index (χ1) is 8.51. The van der Waals surface area contributed by atoms with Crippen LogP contribution in [0.3, 0.4) is 0 Å². The van der Waals surface area contributed by atoms with Gasteiger partial charge in [0.15, 0.2) is 0 Å². The quantitative estimate of drug-likeness (QED) is 0.748. The Morgan fingerprint density at radius 2 is 2.33 bits per heavy atom. The molecule has 1 aromatic heterocycles. The number of nitrogens with zero attached hydrogens (tertiary/aromatic N) is 2. The Morgan fingerprint density at radius 3 is 2.94 bits per heavy atom. The van der Waals surface area contributed by atoms with Crippen LogP contribution in [0.4, 0.5) is 5.69 Å². The highest BCUT2D eigenvalue weighted by atomic mass is 16.5. The van der Waals surface area contributed by atoms with Crippen molar-refractivity contribution in [1.82, 2.24) is 9.78 Å². The molecule has 18 heavy (non-hydrogen) atoms. The summed E-state index contributed by atoms with van der Waals surface area (Å²) < 4.78 is 6.28. The molecule has 100 valence electrons. The summed E-state index contributed by atoms with van der Waals surface area (Å²) in [4.78, 5) is 22.0. The molecule has 7 nitrogen and oxygen atoms in total. The first kappa shape index (κ1) is 14.2. The van der Waals surface area contributed by atoms with E-state index >= 15 is 0 Å². The molecule has 1 atom stereocenters. The van der Waals surface area contributed by atoms with Gasteiger partial charge in [0.1, 0.15) is 6.54 Å². The van der Waals surface area contributed by atoms with Crippen LogP contribution >= 0.6 is 0 Å². The number of rotatable bonds is 7. The smallest absolute Gasteiger partial charge is 0.325 e. The van der Waals surface area contributed by atoms with Crippen molar-refractivity contribution in [2.75, 3.05) is 12.4 Å². The topological polar surface area (TPSA) is 93.5 Å². The zero-order valence-corrected chi connectivity index (χ0v) is 10.4. The van der Waals surface area contributed by atoms with Crippen LogP contribution in [0.15, 0.2) is 12.4 Å².